The molecule has 1 aliphatic carbocycles. The van der Waals surface area contributed by atoms with Gasteiger partial charge in [-0.3, -0.25) is 9.52 Å². The third-order valence-corrected chi connectivity index (χ3v) is 7.03. The van der Waals surface area contributed by atoms with E-state index in [2.05, 4.69) is 17.0 Å². The quantitative estimate of drug-likeness (QED) is 0.700. The molecule has 0 radical (unpaired) electrons. The van der Waals surface area contributed by atoms with Gasteiger partial charge in [-0.05, 0) is 61.9 Å². The van der Waals surface area contributed by atoms with Gasteiger partial charge in [0.2, 0.25) is 0 Å². The largest absolute Gasteiger partial charge is 0.495 e. The Morgan fingerprint density at radius 2 is 1.79 bits per heavy atom. The normalized spacial score (nSPS) is 19.4. The van der Waals surface area contributed by atoms with Crippen molar-refractivity contribution >= 4 is 33.2 Å². The van der Waals surface area contributed by atoms with Crippen LogP contribution in [0.1, 0.15) is 43.0 Å². The highest BCUT2D eigenvalue weighted by Gasteiger charge is 2.24. The molecule has 156 valence electrons. The molecule has 1 saturated carbocycles. The number of hydrogen-bond acceptors (Lipinski definition) is 4. The first-order chi connectivity index (χ1) is 13.8. The summed E-state index contributed by atoms with van der Waals surface area (Å²) in [4.78, 5) is 12.5. The topological polar surface area (TPSA) is 84.5 Å². The van der Waals surface area contributed by atoms with Gasteiger partial charge >= 0.3 is 0 Å². The molecule has 0 bridgehead atoms. The predicted octanol–water partition coefficient (Wildman–Crippen LogP) is 4.46. The molecule has 0 atom stereocenters. The molecule has 1 amide bonds. The van der Waals surface area contributed by atoms with Gasteiger partial charge < -0.3 is 10.1 Å². The maximum Gasteiger partial charge on any atom is 0.263 e. The van der Waals surface area contributed by atoms with Crippen molar-refractivity contribution in [2.45, 2.75) is 43.5 Å². The number of rotatable bonds is 6. The number of sulfonamides is 1. The molecule has 29 heavy (non-hydrogen) atoms. The third kappa shape index (κ3) is 5.22. The maximum absolute atomic E-state index is 12.9. The zero-order valence-electron chi connectivity index (χ0n) is 16.4. The van der Waals surface area contributed by atoms with Gasteiger partial charge in [-0.15, -0.1) is 0 Å². The highest BCUT2D eigenvalue weighted by Crippen LogP contribution is 2.30. The lowest BCUT2D eigenvalue weighted by Crippen LogP contribution is -2.37. The minimum Gasteiger partial charge on any atom is -0.495 e. The second-order valence-electron chi connectivity index (χ2n) is 7.38. The highest BCUT2D eigenvalue weighted by atomic mass is 35.5. The average Bonchev–Trinajstić information content (AvgIpc) is 2.70. The number of methoxy groups -OCH3 is 1. The average molecular weight is 437 g/mol. The Labute approximate surface area is 176 Å². The van der Waals surface area contributed by atoms with Crippen LogP contribution in [0, 0.1) is 5.92 Å². The zero-order chi connectivity index (χ0) is 21.0. The first-order valence-corrected chi connectivity index (χ1v) is 11.4. The van der Waals surface area contributed by atoms with Crippen LogP contribution in [-0.2, 0) is 10.0 Å². The molecule has 0 spiro atoms. The van der Waals surface area contributed by atoms with Crippen molar-refractivity contribution in [1.29, 1.82) is 0 Å². The predicted molar refractivity (Wildman–Crippen MR) is 114 cm³/mol. The molecular weight excluding hydrogens is 412 g/mol. The number of carbonyl (C=O) groups excluding carboxylic acids is 1. The SMILES string of the molecule is COc1ccccc1NS(=O)(=O)c1cc(C(=O)NC2CCC(C)CC2)ccc1Cl. The Balaban J connectivity index is 1.81. The number of para-hydroxylation sites is 2. The Kier molecular flexibility index (Phi) is 6.70. The van der Waals surface area contributed by atoms with Gasteiger partial charge in [0.15, 0.2) is 0 Å². The zero-order valence-corrected chi connectivity index (χ0v) is 18.0. The van der Waals surface area contributed by atoms with E-state index in [1.807, 2.05) is 0 Å². The number of amides is 1. The molecule has 6 nitrogen and oxygen atoms in total. The lowest BCUT2D eigenvalue weighted by molar-refractivity contribution is 0.0923. The number of nitrogens with one attached hydrogen (secondary N) is 2. The standard InChI is InChI=1S/C21H25ClN2O4S/c1-14-7-10-16(11-8-14)23-21(25)15-9-12-17(22)20(13-15)29(26,27)24-18-5-3-4-6-19(18)28-2/h3-6,9,12-14,16,24H,7-8,10-11H2,1-2H3,(H,23,25). The first kappa shape index (κ1) is 21.5. The van der Waals surface area contributed by atoms with Crippen LogP contribution in [0.4, 0.5) is 5.69 Å². The van der Waals surface area contributed by atoms with Crippen molar-refractivity contribution in [3.05, 3.63) is 53.1 Å². The van der Waals surface area contributed by atoms with Gasteiger partial charge in [-0.1, -0.05) is 30.7 Å². The number of hydrogen-bond donors (Lipinski definition) is 2. The van der Waals surface area contributed by atoms with Gasteiger partial charge in [0.05, 0.1) is 17.8 Å². The number of carbonyl (C=O) groups is 1. The van der Waals surface area contributed by atoms with Gasteiger partial charge in [-0.2, -0.15) is 0 Å². The summed E-state index contributed by atoms with van der Waals surface area (Å²) in [6.07, 6.45) is 4.02. The fourth-order valence-electron chi connectivity index (χ4n) is 3.45. The number of anilines is 1. The molecule has 0 unspecified atom stereocenters. The summed E-state index contributed by atoms with van der Waals surface area (Å²) in [5.41, 5.74) is 0.547. The number of ether oxygens (including phenoxy) is 1. The molecule has 0 heterocycles. The minimum absolute atomic E-state index is 0.0374. The summed E-state index contributed by atoms with van der Waals surface area (Å²) >= 11 is 6.15. The fourth-order valence-corrected chi connectivity index (χ4v) is 5.05. The van der Waals surface area contributed by atoms with Gasteiger partial charge in [0.1, 0.15) is 10.6 Å². The molecule has 2 N–H and O–H groups in total. The molecule has 2 aromatic carbocycles. The van der Waals surface area contributed by atoms with Crippen LogP contribution in [0.25, 0.3) is 0 Å². The summed E-state index contributed by atoms with van der Waals surface area (Å²) < 4.78 is 33.5. The maximum atomic E-state index is 12.9. The van der Waals surface area contributed by atoms with Crippen LogP contribution < -0.4 is 14.8 Å². The van der Waals surface area contributed by atoms with E-state index in [9.17, 15) is 13.2 Å². The Hall–Kier alpha value is -2.25. The molecule has 0 aromatic heterocycles. The number of halogens is 1. The summed E-state index contributed by atoms with van der Waals surface area (Å²) in [5, 5.41) is 3.04. The van der Waals surface area contributed by atoms with Crippen LogP contribution in [0.3, 0.4) is 0 Å². The van der Waals surface area contributed by atoms with Crippen LogP contribution in [0.15, 0.2) is 47.4 Å². The van der Waals surface area contributed by atoms with Crippen molar-refractivity contribution in [1.82, 2.24) is 5.32 Å². The molecule has 1 aliphatic rings. The van der Waals surface area contributed by atoms with Crippen LogP contribution in [-0.4, -0.2) is 27.5 Å². The smallest absolute Gasteiger partial charge is 0.263 e. The van der Waals surface area contributed by atoms with Gasteiger partial charge in [0, 0.05) is 11.6 Å². The van der Waals surface area contributed by atoms with Crippen molar-refractivity contribution in [3.8, 4) is 5.75 Å². The third-order valence-electron chi connectivity index (χ3n) is 5.19. The van der Waals surface area contributed by atoms with Crippen molar-refractivity contribution in [2.24, 2.45) is 5.92 Å². The van der Waals surface area contributed by atoms with Crippen molar-refractivity contribution in [2.75, 3.05) is 11.8 Å². The second-order valence-corrected chi connectivity index (χ2v) is 9.44. The van der Waals surface area contributed by atoms with Crippen LogP contribution in [0.2, 0.25) is 5.02 Å². The van der Waals surface area contributed by atoms with Crippen molar-refractivity contribution < 1.29 is 17.9 Å². The highest BCUT2D eigenvalue weighted by molar-refractivity contribution is 7.92. The Morgan fingerprint density at radius 1 is 1.10 bits per heavy atom. The molecule has 0 saturated heterocycles. The Bertz CT molecular complexity index is 986. The first-order valence-electron chi connectivity index (χ1n) is 9.56. The fraction of sp³-hybridized carbons (Fsp3) is 0.381. The van der Waals surface area contributed by atoms with E-state index < -0.39 is 10.0 Å². The van der Waals surface area contributed by atoms with E-state index in [0.717, 1.165) is 25.7 Å². The molecule has 0 aliphatic heterocycles. The minimum atomic E-state index is -4.01. The molecule has 1 fully saturated rings. The van der Waals surface area contributed by atoms with E-state index in [1.54, 1.807) is 24.3 Å². The van der Waals surface area contributed by atoms with E-state index in [4.69, 9.17) is 16.3 Å². The van der Waals surface area contributed by atoms with Crippen molar-refractivity contribution in [3.63, 3.8) is 0 Å². The van der Waals surface area contributed by atoms with E-state index in [-0.39, 0.29) is 33.1 Å². The molecule has 2 aromatic rings. The van der Waals surface area contributed by atoms with Gasteiger partial charge in [-0.25, -0.2) is 8.42 Å². The molecule has 3 rings (SSSR count). The lowest BCUT2D eigenvalue weighted by Gasteiger charge is -2.27. The van der Waals surface area contributed by atoms with Gasteiger partial charge in [0.25, 0.3) is 15.9 Å². The van der Waals surface area contributed by atoms with E-state index in [0.29, 0.717) is 11.7 Å². The second kappa shape index (κ2) is 9.05. The number of benzene rings is 2. The van der Waals surface area contributed by atoms with E-state index in [1.165, 1.54) is 25.3 Å². The summed E-state index contributed by atoms with van der Waals surface area (Å²) in [6, 6.07) is 11.0. The van der Waals surface area contributed by atoms with Crippen LogP contribution >= 0.6 is 11.6 Å². The Morgan fingerprint density at radius 3 is 2.48 bits per heavy atom. The van der Waals surface area contributed by atoms with E-state index >= 15 is 0 Å². The molecular formula is C21H25ClN2O4S. The molecule has 8 heteroatoms. The summed E-state index contributed by atoms with van der Waals surface area (Å²) in [5.74, 6) is 0.763. The monoisotopic (exact) mass is 436 g/mol. The van der Waals surface area contributed by atoms with Crippen LogP contribution in [0.5, 0.6) is 5.75 Å². The summed E-state index contributed by atoms with van der Waals surface area (Å²) in [6.45, 7) is 2.21. The lowest BCUT2D eigenvalue weighted by atomic mass is 9.87. The summed E-state index contributed by atoms with van der Waals surface area (Å²) in [7, 11) is -2.56.